The van der Waals surface area contributed by atoms with E-state index < -0.39 is 18.2 Å². The molecule has 3 rings (SSSR count). The second-order valence-electron chi connectivity index (χ2n) is 7.28. The number of hydrogen-bond donors (Lipinski definition) is 3. The highest BCUT2D eigenvalue weighted by Crippen LogP contribution is 2.17. The van der Waals surface area contributed by atoms with Gasteiger partial charge in [-0.1, -0.05) is 48.6 Å². The number of rotatable bonds is 8. The van der Waals surface area contributed by atoms with Gasteiger partial charge in [-0.3, -0.25) is 14.6 Å². The molecule has 1 aliphatic heterocycles. The van der Waals surface area contributed by atoms with Crippen LogP contribution in [0.1, 0.15) is 30.6 Å². The van der Waals surface area contributed by atoms with Gasteiger partial charge in [-0.2, -0.15) is 0 Å². The molecule has 0 unspecified atom stereocenters. The lowest BCUT2D eigenvalue weighted by Gasteiger charge is -2.31. The van der Waals surface area contributed by atoms with Crippen LogP contribution in [0.4, 0.5) is 0 Å². The molecule has 0 bridgehead atoms. The molecule has 2 heterocycles. The lowest BCUT2D eigenvalue weighted by molar-refractivity contribution is -0.128. The zero-order valence-corrected chi connectivity index (χ0v) is 16.9. The first-order valence-corrected chi connectivity index (χ1v) is 10.0. The minimum Gasteiger partial charge on any atom is -0.394 e. The van der Waals surface area contributed by atoms with Crippen molar-refractivity contribution in [2.45, 2.75) is 44.1 Å². The Morgan fingerprint density at radius 1 is 1.10 bits per heavy atom. The van der Waals surface area contributed by atoms with Gasteiger partial charge in [0.1, 0.15) is 6.10 Å². The van der Waals surface area contributed by atoms with Crippen LogP contribution in [-0.4, -0.2) is 46.8 Å². The van der Waals surface area contributed by atoms with Crippen molar-refractivity contribution in [3.8, 4) is 0 Å². The summed E-state index contributed by atoms with van der Waals surface area (Å²) in [7, 11) is 0. The molecule has 7 nitrogen and oxygen atoms in total. The van der Waals surface area contributed by atoms with Crippen molar-refractivity contribution < 1.29 is 19.4 Å². The number of nitrogens with one attached hydrogen (secondary N) is 2. The van der Waals surface area contributed by atoms with Gasteiger partial charge in [-0.25, -0.2) is 0 Å². The van der Waals surface area contributed by atoms with Crippen molar-refractivity contribution in [3.63, 3.8) is 0 Å². The van der Waals surface area contributed by atoms with Crippen LogP contribution in [0.25, 0.3) is 0 Å². The summed E-state index contributed by atoms with van der Waals surface area (Å²) in [5.41, 5.74) is 1.69. The molecular formula is C23H27N3O4. The van der Waals surface area contributed by atoms with E-state index in [-0.39, 0.29) is 37.3 Å². The zero-order chi connectivity index (χ0) is 21.3. The number of benzene rings is 1. The van der Waals surface area contributed by atoms with Crippen LogP contribution in [0.5, 0.6) is 0 Å². The van der Waals surface area contributed by atoms with Crippen LogP contribution in [0.15, 0.2) is 66.9 Å². The van der Waals surface area contributed by atoms with E-state index in [0.717, 1.165) is 5.56 Å². The maximum Gasteiger partial charge on any atom is 0.226 e. The number of hydrogen-bond acceptors (Lipinski definition) is 5. The summed E-state index contributed by atoms with van der Waals surface area (Å²) in [6.07, 6.45) is 4.37. The molecule has 0 spiro atoms. The van der Waals surface area contributed by atoms with Gasteiger partial charge < -0.3 is 20.5 Å². The lowest BCUT2D eigenvalue weighted by atomic mass is 10.0. The van der Waals surface area contributed by atoms with E-state index in [0.29, 0.717) is 5.69 Å². The van der Waals surface area contributed by atoms with Gasteiger partial charge >= 0.3 is 0 Å². The van der Waals surface area contributed by atoms with Crippen molar-refractivity contribution >= 4 is 11.8 Å². The van der Waals surface area contributed by atoms with E-state index in [1.807, 2.05) is 43.3 Å². The minimum atomic E-state index is -0.618. The SMILES string of the molecule is C[C@@H](NC(=O)C[C@H]1C=C[C@@H](NC(=O)Cc2ccccn2)[C@H](CO)O1)c1ccccc1. The van der Waals surface area contributed by atoms with E-state index >= 15 is 0 Å². The van der Waals surface area contributed by atoms with Gasteiger partial charge in [-0.15, -0.1) is 0 Å². The minimum absolute atomic E-state index is 0.112. The molecule has 7 heteroatoms. The Morgan fingerprint density at radius 3 is 2.57 bits per heavy atom. The molecule has 1 aromatic heterocycles. The second-order valence-corrected chi connectivity index (χ2v) is 7.28. The smallest absolute Gasteiger partial charge is 0.226 e. The van der Waals surface area contributed by atoms with Crippen LogP contribution in [0.2, 0.25) is 0 Å². The summed E-state index contributed by atoms with van der Waals surface area (Å²) in [5, 5.41) is 15.5. The molecule has 0 saturated carbocycles. The third-order valence-corrected chi connectivity index (χ3v) is 4.92. The van der Waals surface area contributed by atoms with E-state index in [9.17, 15) is 14.7 Å². The quantitative estimate of drug-likeness (QED) is 0.576. The number of ether oxygens (including phenoxy) is 1. The third kappa shape index (κ3) is 6.23. The largest absolute Gasteiger partial charge is 0.394 e. The topological polar surface area (TPSA) is 101 Å². The highest BCUT2D eigenvalue weighted by molar-refractivity contribution is 5.79. The van der Waals surface area contributed by atoms with Gasteiger partial charge in [-0.05, 0) is 24.6 Å². The number of pyridine rings is 1. The summed E-state index contributed by atoms with van der Waals surface area (Å²) in [6.45, 7) is 1.66. The molecule has 3 N–H and O–H groups in total. The number of aromatic nitrogens is 1. The summed E-state index contributed by atoms with van der Waals surface area (Å²) in [4.78, 5) is 28.8. The Morgan fingerprint density at radius 2 is 1.87 bits per heavy atom. The average molecular weight is 409 g/mol. The van der Waals surface area contributed by atoms with Crippen LogP contribution in [0, 0.1) is 0 Å². The summed E-state index contributed by atoms with van der Waals surface area (Å²) in [5.74, 6) is -0.353. The lowest BCUT2D eigenvalue weighted by Crippen LogP contribution is -2.49. The molecule has 2 aromatic rings. The molecule has 1 aliphatic rings. The number of carbonyl (C=O) groups excluding carboxylic acids is 2. The molecule has 0 saturated heterocycles. The predicted molar refractivity (Wildman–Crippen MR) is 112 cm³/mol. The number of carbonyl (C=O) groups is 2. The third-order valence-electron chi connectivity index (χ3n) is 4.92. The Labute approximate surface area is 176 Å². The number of amides is 2. The molecule has 0 fully saturated rings. The first-order chi connectivity index (χ1) is 14.5. The van der Waals surface area contributed by atoms with E-state index in [2.05, 4.69) is 15.6 Å². The predicted octanol–water partition coefficient (Wildman–Crippen LogP) is 1.69. The first-order valence-electron chi connectivity index (χ1n) is 10.0. The van der Waals surface area contributed by atoms with E-state index in [1.54, 1.807) is 30.5 Å². The average Bonchev–Trinajstić information content (AvgIpc) is 2.76. The van der Waals surface area contributed by atoms with Gasteiger partial charge in [0, 0.05) is 11.9 Å². The monoisotopic (exact) mass is 409 g/mol. The molecule has 30 heavy (non-hydrogen) atoms. The fourth-order valence-corrected chi connectivity index (χ4v) is 3.35. The molecular weight excluding hydrogens is 382 g/mol. The van der Waals surface area contributed by atoms with Crippen LogP contribution in [-0.2, 0) is 20.7 Å². The standard InChI is InChI=1S/C23H27N3O4/c1-16(17-7-3-2-4-8-17)25-23(29)14-19-10-11-20(21(15-27)30-19)26-22(28)13-18-9-5-6-12-24-18/h2-12,16,19-21,27H,13-15H2,1H3,(H,25,29)(H,26,28)/t16-,19-,20-,21+/m1/s1. The summed E-state index contributed by atoms with van der Waals surface area (Å²) in [6, 6.07) is 14.5. The van der Waals surface area contributed by atoms with E-state index in [1.165, 1.54) is 0 Å². The van der Waals surface area contributed by atoms with Crippen molar-refractivity contribution in [3.05, 3.63) is 78.1 Å². The first kappa shape index (κ1) is 21.7. The van der Waals surface area contributed by atoms with Gasteiger partial charge in [0.25, 0.3) is 0 Å². The fourth-order valence-electron chi connectivity index (χ4n) is 3.35. The molecule has 158 valence electrons. The van der Waals surface area contributed by atoms with E-state index in [4.69, 9.17) is 4.74 Å². The van der Waals surface area contributed by atoms with Gasteiger partial charge in [0.2, 0.25) is 11.8 Å². The Kier molecular flexibility index (Phi) is 7.70. The highest BCUT2D eigenvalue weighted by atomic mass is 16.5. The molecule has 0 radical (unpaired) electrons. The zero-order valence-electron chi connectivity index (χ0n) is 16.9. The summed E-state index contributed by atoms with van der Waals surface area (Å²) < 4.78 is 5.83. The Bertz CT molecular complexity index is 857. The summed E-state index contributed by atoms with van der Waals surface area (Å²) >= 11 is 0. The second kappa shape index (κ2) is 10.7. The molecule has 4 atom stereocenters. The van der Waals surface area contributed by atoms with Gasteiger partial charge in [0.15, 0.2) is 0 Å². The van der Waals surface area contributed by atoms with Crippen molar-refractivity contribution in [2.24, 2.45) is 0 Å². The number of aliphatic hydroxyl groups excluding tert-OH is 1. The van der Waals surface area contributed by atoms with Crippen molar-refractivity contribution in [1.82, 2.24) is 15.6 Å². The van der Waals surface area contributed by atoms with Crippen molar-refractivity contribution in [1.29, 1.82) is 0 Å². The van der Waals surface area contributed by atoms with Crippen molar-refractivity contribution in [2.75, 3.05) is 6.61 Å². The van der Waals surface area contributed by atoms with Crippen LogP contribution >= 0.6 is 0 Å². The Balaban J connectivity index is 1.51. The Hall–Kier alpha value is -3.03. The van der Waals surface area contributed by atoms with Crippen LogP contribution in [0.3, 0.4) is 0 Å². The molecule has 0 aliphatic carbocycles. The molecule has 2 amide bonds. The fraction of sp³-hybridized carbons (Fsp3) is 0.348. The van der Waals surface area contributed by atoms with Crippen LogP contribution < -0.4 is 10.6 Å². The highest BCUT2D eigenvalue weighted by Gasteiger charge is 2.29. The number of nitrogens with zero attached hydrogens (tertiary/aromatic N) is 1. The molecule has 1 aromatic carbocycles. The maximum absolute atomic E-state index is 12.4. The van der Waals surface area contributed by atoms with Gasteiger partial charge in [0.05, 0.1) is 37.6 Å². The maximum atomic E-state index is 12.4. The number of aliphatic hydroxyl groups is 1. The normalized spacial score (nSPS) is 21.6.